The van der Waals surface area contributed by atoms with Crippen molar-refractivity contribution in [2.45, 2.75) is 11.4 Å². The normalized spacial score (nSPS) is 13.1. The predicted molar refractivity (Wildman–Crippen MR) is 136 cm³/mol. The molecule has 0 unspecified atom stereocenters. The summed E-state index contributed by atoms with van der Waals surface area (Å²) in [5.74, 6) is 1.40. The second-order valence-corrected chi connectivity index (χ2v) is 10.4. The second kappa shape index (κ2) is 9.51. The van der Waals surface area contributed by atoms with E-state index in [2.05, 4.69) is 16.3 Å². The number of carbonyl (C=O) groups excluding carboxylic acids is 1. The van der Waals surface area contributed by atoms with Crippen LogP contribution in [0.5, 0.6) is 17.2 Å². The molecule has 0 radical (unpaired) electrons. The van der Waals surface area contributed by atoms with Crippen LogP contribution in [-0.4, -0.2) is 32.8 Å². The number of nitrogens with one attached hydrogen (secondary N) is 1. The van der Waals surface area contributed by atoms with Crippen LogP contribution >= 0.6 is 11.3 Å². The minimum atomic E-state index is -3.80. The summed E-state index contributed by atoms with van der Waals surface area (Å²) in [4.78, 5) is 17.8. The SMILES string of the molecule is C=CCn1c(=NC(=O)c2ccc(NS(=O)(=O)c3ccc(OC)cc3)cc2)sc2cc3c(cc21)OCO3. The Hall–Kier alpha value is -4.09. The summed E-state index contributed by atoms with van der Waals surface area (Å²) in [6.45, 7) is 4.43. The van der Waals surface area contributed by atoms with Gasteiger partial charge in [-0.25, -0.2) is 8.42 Å². The number of aromatic nitrogens is 1. The van der Waals surface area contributed by atoms with E-state index in [1.807, 2.05) is 16.7 Å². The van der Waals surface area contributed by atoms with Crippen molar-refractivity contribution >= 4 is 43.2 Å². The van der Waals surface area contributed by atoms with Gasteiger partial charge in [-0.1, -0.05) is 17.4 Å². The summed E-state index contributed by atoms with van der Waals surface area (Å²) in [7, 11) is -2.29. The van der Waals surface area contributed by atoms with E-state index in [0.29, 0.717) is 39.8 Å². The number of rotatable bonds is 7. The van der Waals surface area contributed by atoms with Crippen molar-refractivity contribution in [2.75, 3.05) is 18.6 Å². The summed E-state index contributed by atoms with van der Waals surface area (Å²) >= 11 is 1.36. The van der Waals surface area contributed by atoms with Gasteiger partial charge in [0.2, 0.25) is 6.79 Å². The summed E-state index contributed by atoms with van der Waals surface area (Å²) in [6.07, 6.45) is 1.73. The number of fused-ring (bicyclic) bond motifs is 2. The number of methoxy groups -OCH3 is 1. The quantitative estimate of drug-likeness (QED) is 0.364. The van der Waals surface area contributed by atoms with E-state index < -0.39 is 15.9 Å². The number of hydrogen-bond acceptors (Lipinski definition) is 7. The molecule has 1 aliphatic heterocycles. The predicted octanol–water partition coefficient (Wildman–Crippen LogP) is 4.17. The fraction of sp³-hybridized carbons (Fsp3) is 0.120. The number of nitrogens with zero attached hydrogens (tertiary/aromatic N) is 2. The Balaban J connectivity index is 1.40. The molecule has 2 heterocycles. The van der Waals surface area contributed by atoms with E-state index in [-0.39, 0.29) is 11.7 Å². The Bertz CT molecular complexity index is 1640. The van der Waals surface area contributed by atoms with E-state index in [9.17, 15) is 13.2 Å². The summed E-state index contributed by atoms with van der Waals surface area (Å²) < 4.78 is 46.6. The third-order valence-corrected chi connectivity index (χ3v) is 7.88. The van der Waals surface area contributed by atoms with Crippen molar-refractivity contribution < 1.29 is 27.4 Å². The van der Waals surface area contributed by atoms with Crippen molar-refractivity contribution in [3.05, 3.63) is 83.7 Å². The first kappa shape index (κ1) is 23.6. The molecule has 1 aliphatic rings. The third kappa shape index (κ3) is 4.58. The molecule has 1 amide bonds. The van der Waals surface area contributed by atoms with E-state index in [1.165, 1.54) is 54.8 Å². The van der Waals surface area contributed by atoms with Crippen molar-refractivity contribution in [1.29, 1.82) is 0 Å². The average Bonchev–Trinajstić information content (AvgIpc) is 3.47. The van der Waals surface area contributed by atoms with E-state index >= 15 is 0 Å². The van der Waals surface area contributed by atoms with Gasteiger partial charge in [-0.05, 0) is 48.5 Å². The molecule has 36 heavy (non-hydrogen) atoms. The maximum atomic E-state index is 12.9. The first-order valence-corrected chi connectivity index (χ1v) is 13.1. The van der Waals surface area contributed by atoms with E-state index in [4.69, 9.17) is 14.2 Å². The lowest BCUT2D eigenvalue weighted by atomic mass is 10.2. The molecule has 3 aromatic carbocycles. The average molecular weight is 524 g/mol. The summed E-state index contributed by atoms with van der Waals surface area (Å²) in [5, 5.41) is 0. The van der Waals surface area contributed by atoms with Crippen molar-refractivity contribution in [2.24, 2.45) is 4.99 Å². The zero-order chi connectivity index (χ0) is 25.3. The molecule has 184 valence electrons. The van der Waals surface area contributed by atoms with Gasteiger partial charge in [-0.3, -0.25) is 9.52 Å². The molecular formula is C25H21N3O6S2. The standard InChI is InChI=1S/C25H21N3O6S2/c1-3-12-28-20-13-21-22(34-15-33-21)14-23(20)35-25(28)26-24(29)16-4-6-17(7-5-16)27-36(30,31)19-10-8-18(32-2)9-11-19/h3-11,13-14,27H,1,12,15H2,2H3. The molecule has 1 N–H and O–H groups in total. The van der Waals surface area contributed by atoms with Crippen LogP contribution in [0.25, 0.3) is 10.2 Å². The van der Waals surface area contributed by atoms with Gasteiger partial charge in [-0.2, -0.15) is 4.99 Å². The number of anilines is 1. The highest BCUT2D eigenvalue weighted by molar-refractivity contribution is 7.92. The smallest absolute Gasteiger partial charge is 0.279 e. The van der Waals surface area contributed by atoms with Crippen LogP contribution in [0.1, 0.15) is 10.4 Å². The molecule has 11 heteroatoms. The number of carbonyl (C=O) groups is 1. The Morgan fingerprint density at radius 3 is 2.50 bits per heavy atom. The minimum absolute atomic E-state index is 0.0942. The summed E-state index contributed by atoms with van der Waals surface area (Å²) in [6, 6.07) is 15.9. The maximum absolute atomic E-state index is 12.9. The minimum Gasteiger partial charge on any atom is -0.497 e. The molecule has 9 nitrogen and oxygen atoms in total. The number of thiazole rings is 1. The lowest BCUT2D eigenvalue weighted by Gasteiger charge is -2.09. The molecular weight excluding hydrogens is 502 g/mol. The van der Waals surface area contributed by atoms with Gasteiger partial charge in [0.25, 0.3) is 15.9 Å². The fourth-order valence-electron chi connectivity index (χ4n) is 3.65. The van der Waals surface area contributed by atoms with Crippen LogP contribution in [0, 0.1) is 0 Å². The highest BCUT2D eigenvalue weighted by atomic mass is 32.2. The zero-order valence-electron chi connectivity index (χ0n) is 19.1. The molecule has 0 saturated carbocycles. The zero-order valence-corrected chi connectivity index (χ0v) is 20.8. The van der Waals surface area contributed by atoms with Crippen molar-refractivity contribution in [3.63, 3.8) is 0 Å². The van der Waals surface area contributed by atoms with Gasteiger partial charge < -0.3 is 18.8 Å². The Labute approximate surface area is 210 Å². The van der Waals surface area contributed by atoms with Crippen molar-refractivity contribution in [1.82, 2.24) is 4.57 Å². The van der Waals surface area contributed by atoms with Gasteiger partial charge in [0.1, 0.15) is 5.75 Å². The number of sulfonamides is 1. The van der Waals surface area contributed by atoms with Gasteiger partial charge in [-0.15, -0.1) is 6.58 Å². The van der Waals surface area contributed by atoms with Gasteiger partial charge in [0.05, 0.1) is 22.2 Å². The maximum Gasteiger partial charge on any atom is 0.279 e. The molecule has 0 spiro atoms. The van der Waals surface area contributed by atoms with Crippen LogP contribution in [0.3, 0.4) is 0 Å². The van der Waals surface area contributed by atoms with E-state index in [0.717, 1.165) is 10.2 Å². The number of allylic oxidation sites excluding steroid dienone is 1. The molecule has 0 saturated heterocycles. The highest BCUT2D eigenvalue weighted by Crippen LogP contribution is 2.37. The number of benzene rings is 3. The number of amides is 1. The van der Waals surface area contributed by atoms with Crippen LogP contribution in [0.2, 0.25) is 0 Å². The van der Waals surface area contributed by atoms with Crippen LogP contribution < -0.4 is 23.7 Å². The molecule has 0 fully saturated rings. The van der Waals surface area contributed by atoms with Crippen LogP contribution in [-0.2, 0) is 16.6 Å². The Morgan fingerprint density at radius 2 is 1.83 bits per heavy atom. The number of ether oxygens (including phenoxy) is 3. The third-order valence-electron chi connectivity index (χ3n) is 5.44. The molecule has 0 aliphatic carbocycles. The number of hydrogen-bond donors (Lipinski definition) is 1. The molecule has 5 rings (SSSR count). The Morgan fingerprint density at radius 1 is 1.14 bits per heavy atom. The topological polar surface area (TPSA) is 108 Å². The van der Waals surface area contributed by atoms with Crippen LogP contribution in [0.4, 0.5) is 5.69 Å². The molecule has 0 atom stereocenters. The first-order valence-electron chi connectivity index (χ1n) is 10.8. The molecule has 4 aromatic rings. The van der Waals surface area contributed by atoms with Crippen LogP contribution in [0.15, 0.2) is 83.2 Å². The van der Waals surface area contributed by atoms with Gasteiger partial charge in [0, 0.05) is 29.9 Å². The van der Waals surface area contributed by atoms with Crippen molar-refractivity contribution in [3.8, 4) is 17.2 Å². The second-order valence-electron chi connectivity index (χ2n) is 7.73. The fourth-order valence-corrected chi connectivity index (χ4v) is 5.76. The largest absolute Gasteiger partial charge is 0.497 e. The van der Waals surface area contributed by atoms with E-state index in [1.54, 1.807) is 18.2 Å². The van der Waals surface area contributed by atoms with Gasteiger partial charge >= 0.3 is 0 Å². The molecule has 0 bridgehead atoms. The van der Waals surface area contributed by atoms with Gasteiger partial charge in [0.15, 0.2) is 16.3 Å². The Kier molecular flexibility index (Phi) is 6.25. The first-order chi connectivity index (χ1) is 17.4. The lowest BCUT2D eigenvalue weighted by Crippen LogP contribution is -2.16. The summed E-state index contributed by atoms with van der Waals surface area (Å²) in [5.41, 5.74) is 1.50. The lowest BCUT2D eigenvalue weighted by molar-refractivity contribution is 0.0998. The molecule has 1 aromatic heterocycles. The monoisotopic (exact) mass is 523 g/mol. The highest BCUT2D eigenvalue weighted by Gasteiger charge is 2.18.